The van der Waals surface area contributed by atoms with Crippen LogP contribution < -0.4 is 5.32 Å². The Balaban J connectivity index is 4.15. The Morgan fingerprint density at radius 1 is 1.38 bits per heavy atom. The fourth-order valence-electron chi connectivity index (χ4n) is 1.33. The van der Waals surface area contributed by atoms with Crippen LogP contribution >= 0.6 is 0 Å². The van der Waals surface area contributed by atoms with Gasteiger partial charge >= 0.3 is 5.97 Å². The molecule has 1 N–H and O–H groups in total. The molecule has 6 heteroatoms. The molecule has 0 aromatic rings. The largest absolute Gasteiger partial charge is 0.465 e. The Kier molecular flexibility index (Phi) is 8.01. The standard InChI is InChI=1S/C10H20F2N2O2/c1-4-13-8(10(15)16-5-2)6-14(3)7-9(11)12/h8-9,13H,4-7H2,1-3H3. The van der Waals surface area contributed by atoms with Crippen LogP contribution in [0, 0.1) is 0 Å². The van der Waals surface area contributed by atoms with Crippen LogP contribution in [0.3, 0.4) is 0 Å². The molecule has 0 saturated heterocycles. The maximum Gasteiger partial charge on any atom is 0.324 e. The molecule has 1 atom stereocenters. The number of carbonyl (C=O) groups is 1. The van der Waals surface area contributed by atoms with Crippen molar-refractivity contribution in [1.82, 2.24) is 10.2 Å². The van der Waals surface area contributed by atoms with Crippen LogP contribution in [-0.4, -0.2) is 56.6 Å². The van der Waals surface area contributed by atoms with Crippen molar-refractivity contribution in [2.24, 2.45) is 0 Å². The third kappa shape index (κ3) is 6.68. The molecule has 0 aliphatic carbocycles. The Morgan fingerprint density at radius 2 is 2.00 bits per heavy atom. The third-order valence-corrected chi connectivity index (χ3v) is 1.97. The number of ether oxygens (including phenoxy) is 1. The third-order valence-electron chi connectivity index (χ3n) is 1.97. The van der Waals surface area contributed by atoms with Crippen LogP contribution in [0.5, 0.6) is 0 Å². The average molecular weight is 238 g/mol. The molecule has 16 heavy (non-hydrogen) atoms. The van der Waals surface area contributed by atoms with Gasteiger partial charge in [-0.25, -0.2) is 8.78 Å². The Morgan fingerprint density at radius 3 is 2.44 bits per heavy atom. The van der Waals surface area contributed by atoms with Gasteiger partial charge < -0.3 is 10.1 Å². The van der Waals surface area contributed by atoms with E-state index in [1.807, 2.05) is 6.92 Å². The number of nitrogens with zero attached hydrogens (tertiary/aromatic N) is 1. The summed E-state index contributed by atoms with van der Waals surface area (Å²) in [7, 11) is 1.55. The molecular weight excluding hydrogens is 218 g/mol. The van der Waals surface area contributed by atoms with Gasteiger partial charge in [-0.1, -0.05) is 6.92 Å². The molecule has 0 fully saturated rings. The van der Waals surface area contributed by atoms with Crippen molar-refractivity contribution in [3.05, 3.63) is 0 Å². The molecule has 0 saturated carbocycles. The molecule has 0 heterocycles. The van der Waals surface area contributed by atoms with Gasteiger partial charge in [-0.2, -0.15) is 0 Å². The number of hydrogen-bond donors (Lipinski definition) is 1. The van der Waals surface area contributed by atoms with Gasteiger partial charge in [0.1, 0.15) is 6.04 Å². The second-order valence-corrected chi connectivity index (χ2v) is 3.47. The highest BCUT2D eigenvalue weighted by atomic mass is 19.3. The van der Waals surface area contributed by atoms with E-state index < -0.39 is 18.4 Å². The Hall–Kier alpha value is -0.750. The van der Waals surface area contributed by atoms with E-state index in [9.17, 15) is 13.6 Å². The summed E-state index contributed by atoms with van der Waals surface area (Å²) in [4.78, 5) is 12.9. The lowest BCUT2D eigenvalue weighted by Gasteiger charge is -2.22. The van der Waals surface area contributed by atoms with Crippen molar-refractivity contribution in [2.45, 2.75) is 26.3 Å². The Bertz CT molecular complexity index is 203. The SMILES string of the molecule is CCNC(CN(C)CC(F)F)C(=O)OCC. The molecule has 0 aromatic heterocycles. The van der Waals surface area contributed by atoms with Crippen LogP contribution in [0.1, 0.15) is 13.8 Å². The number of likely N-dealkylation sites (N-methyl/N-ethyl adjacent to an activating group) is 2. The van der Waals surface area contributed by atoms with Crippen LogP contribution in [0.15, 0.2) is 0 Å². The van der Waals surface area contributed by atoms with Gasteiger partial charge in [-0.15, -0.1) is 0 Å². The molecule has 4 nitrogen and oxygen atoms in total. The minimum atomic E-state index is -2.39. The topological polar surface area (TPSA) is 41.6 Å². The molecule has 0 radical (unpaired) electrons. The molecule has 0 aliphatic heterocycles. The monoisotopic (exact) mass is 238 g/mol. The van der Waals surface area contributed by atoms with E-state index in [1.54, 1.807) is 14.0 Å². The quantitative estimate of drug-likeness (QED) is 0.633. The van der Waals surface area contributed by atoms with Gasteiger partial charge in [0.05, 0.1) is 13.2 Å². The molecule has 0 spiro atoms. The summed E-state index contributed by atoms with van der Waals surface area (Å²) in [6.07, 6.45) is -2.39. The summed E-state index contributed by atoms with van der Waals surface area (Å²) in [6, 6.07) is -0.548. The summed E-state index contributed by atoms with van der Waals surface area (Å²) in [5.41, 5.74) is 0. The number of carbonyl (C=O) groups excluding carboxylic acids is 1. The summed E-state index contributed by atoms with van der Waals surface area (Å²) < 4.78 is 29.0. The lowest BCUT2D eigenvalue weighted by Crippen LogP contribution is -2.46. The van der Waals surface area contributed by atoms with Crippen LogP contribution in [0.2, 0.25) is 0 Å². The minimum Gasteiger partial charge on any atom is -0.465 e. The molecule has 96 valence electrons. The zero-order valence-electron chi connectivity index (χ0n) is 10.0. The van der Waals surface area contributed by atoms with E-state index in [2.05, 4.69) is 5.32 Å². The average Bonchev–Trinajstić information content (AvgIpc) is 2.16. The van der Waals surface area contributed by atoms with Gasteiger partial charge in [0.25, 0.3) is 6.43 Å². The van der Waals surface area contributed by atoms with E-state index in [-0.39, 0.29) is 13.1 Å². The first-order valence-corrected chi connectivity index (χ1v) is 5.37. The summed E-state index contributed by atoms with van der Waals surface area (Å²) in [5.74, 6) is -0.398. The number of halogens is 2. The fourth-order valence-corrected chi connectivity index (χ4v) is 1.33. The maximum atomic E-state index is 12.1. The molecular formula is C10H20F2N2O2. The molecule has 0 amide bonds. The fraction of sp³-hybridized carbons (Fsp3) is 0.900. The Labute approximate surface area is 94.9 Å². The van der Waals surface area contributed by atoms with Crippen LogP contribution in [0.25, 0.3) is 0 Å². The van der Waals surface area contributed by atoms with Crippen LogP contribution in [0.4, 0.5) is 8.78 Å². The predicted molar refractivity (Wildman–Crippen MR) is 57.6 cm³/mol. The zero-order valence-corrected chi connectivity index (χ0v) is 10.0. The van der Waals surface area contributed by atoms with Crippen molar-refractivity contribution in [2.75, 3.05) is 33.3 Å². The van der Waals surface area contributed by atoms with E-state index >= 15 is 0 Å². The lowest BCUT2D eigenvalue weighted by molar-refractivity contribution is -0.146. The smallest absolute Gasteiger partial charge is 0.324 e. The maximum absolute atomic E-state index is 12.1. The number of rotatable bonds is 8. The van der Waals surface area contributed by atoms with Gasteiger partial charge in [-0.05, 0) is 20.5 Å². The number of alkyl halides is 2. The predicted octanol–water partition coefficient (Wildman–Crippen LogP) is 0.724. The summed E-state index contributed by atoms with van der Waals surface area (Å²) in [6.45, 7) is 4.31. The van der Waals surface area contributed by atoms with E-state index in [0.29, 0.717) is 13.2 Å². The van der Waals surface area contributed by atoms with Crippen LogP contribution in [-0.2, 0) is 9.53 Å². The van der Waals surface area contributed by atoms with E-state index in [1.165, 1.54) is 4.90 Å². The van der Waals surface area contributed by atoms with Gasteiger partial charge in [0, 0.05) is 6.54 Å². The first-order valence-electron chi connectivity index (χ1n) is 5.37. The van der Waals surface area contributed by atoms with Gasteiger partial charge in [0.15, 0.2) is 0 Å². The highest BCUT2D eigenvalue weighted by molar-refractivity contribution is 5.76. The summed E-state index contributed by atoms with van der Waals surface area (Å²) in [5, 5.41) is 2.91. The number of hydrogen-bond acceptors (Lipinski definition) is 4. The highest BCUT2D eigenvalue weighted by Crippen LogP contribution is 1.99. The molecule has 1 unspecified atom stereocenters. The normalized spacial score (nSPS) is 13.2. The highest BCUT2D eigenvalue weighted by Gasteiger charge is 2.21. The zero-order chi connectivity index (χ0) is 12.6. The number of esters is 1. The minimum absolute atomic E-state index is 0.219. The molecule has 0 aliphatic rings. The van der Waals surface area contributed by atoms with Crippen molar-refractivity contribution in [3.8, 4) is 0 Å². The van der Waals surface area contributed by atoms with Crippen molar-refractivity contribution in [3.63, 3.8) is 0 Å². The first kappa shape index (κ1) is 15.2. The molecule has 0 bridgehead atoms. The van der Waals surface area contributed by atoms with E-state index in [4.69, 9.17) is 4.74 Å². The van der Waals surface area contributed by atoms with Gasteiger partial charge in [-0.3, -0.25) is 9.69 Å². The lowest BCUT2D eigenvalue weighted by atomic mass is 10.2. The summed E-state index contributed by atoms with van der Waals surface area (Å²) >= 11 is 0. The first-order chi connectivity index (χ1) is 7.51. The van der Waals surface area contributed by atoms with E-state index in [0.717, 1.165) is 0 Å². The second-order valence-electron chi connectivity index (χ2n) is 3.47. The second kappa shape index (κ2) is 8.41. The van der Waals surface area contributed by atoms with Crippen molar-refractivity contribution in [1.29, 1.82) is 0 Å². The molecule has 0 rings (SSSR count). The van der Waals surface area contributed by atoms with Crippen molar-refractivity contribution >= 4 is 5.97 Å². The number of nitrogens with one attached hydrogen (secondary N) is 1. The van der Waals surface area contributed by atoms with Gasteiger partial charge in [0.2, 0.25) is 0 Å². The van der Waals surface area contributed by atoms with Crippen molar-refractivity contribution < 1.29 is 18.3 Å². The molecule has 0 aromatic carbocycles.